The second-order valence-corrected chi connectivity index (χ2v) is 5.03. The number of aliphatic hydroxyl groups excluding tert-OH is 1. The van der Waals surface area contributed by atoms with Crippen molar-refractivity contribution in [3.8, 4) is 0 Å². The van der Waals surface area contributed by atoms with E-state index in [0.29, 0.717) is 5.82 Å². The van der Waals surface area contributed by atoms with Crippen molar-refractivity contribution >= 4 is 5.82 Å². The number of nitrogen functional groups attached to an aromatic ring is 1. The highest BCUT2D eigenvalue weighted by Crippen LogP contribution is 2.24. The highest BCUT2D eigenvalue weighted by atomic mass is 16.3. The van der Waals surface area contributed by atoms with E-state index < -0.39 is 6.10 Å². The van der Waals surface area contributed by atoms with Gasteiger partial charge in [-0.25, -0.2) is 0 Å². The lowest BCUT2D eigenvalue weighted by Crippen LogP contribution is -2.03. The van der Waals surface area contributed by atoms with Crippen LogP contribution in [0.2, 0.25) is 0 Å². The molecule has 0 spiro atoms. The Morgan fingerprint density at radius 2 is 1.83 bits per heavy atom. The molecule has 1 atom stereocenters. The smallest absolute Gasteiger partial charge is 0.127 e. The molecule has 0 fully saturated rings. The summed E-state index contributed by atoms with van der Waals surface area (Å²) in [5, 5.41) is 14.1. The highest BCUT2D eigenvalue weighted by molar-refractivity contribution is 5.39. The number of anilines is 1. The molecule has 1 unspecified atom stereocenters. The van der Waals surface area contributed by atoms with E-state index in [2.05, 4.69) is 12.0 Å². The summed E-state index contributed by atoms with van der Waals surface area (Å²) in [4.78, 5) is 0. The maximum absolute atomic E-state index is 10.0. The predicted molar refractivity (Wildman–Crippen MR) is 75.2 cm³/mol. The van der Waals surface area contributed by atoms with Gasteiger partial charge in [-0.05, 0) is 6.42 Å². The Bertz CT molecular complexity index is 336. The molecule has 0 saturated heterocycles. The summed E-state index contributed by atoms with van der Waals surface area (Å²) in [6.07, 6.45) is 10.8. The quantitative estimate of drug-likeness (QED) is 0.664. The van der Waals surface area contributed by atoms with Gasteiger partial charge in [0.15, 0.2) is 0 Å². The van der Waals surface area contributed by atoms with Gasteiger partial charge in [-0.1, -0.05) is 51.9 Å². The lowest BCUT2D eigenvalue weighted by Gasteiger charge is -2.09. The number of hydrogen-bond donors (Lipinski definition) is 2. The van der Waals surface area contributed by atoms with Crippen LogP contribution >= 0.6 is 0 Å². The molecule has 4 heteroatoms. The fourth-order valence-electron chi connectivity index (χ4n) is 2.17. The minimum Gasteiger partial charge on any atom is -0.388 e. The zero-order chi connectivity index (χ0) is 13.4. The zero-order valence-electron chi connectivity index (χ0n) is 11.7. The van der Waals surface area contributed by atoms with E-state index in [1.807, 2.05) is 0 Å². The molecule has 0 aliphatic heterocycles. The van der Waals surface area contributed by atoms with Crippen LogP contribution in [0.25, 0.3) is 0 Å². The van der Waals surface area contributed by atoms with Crippen LogP contribution in [-0.2, 0) is 7.05 Å². The topological polar surface area (TPSA) is 64.1 Å². The third-order valence-electron chi connectivity index (χ3n) is 3.45. The summed E-state index contributed by atoms with van der Waals surface area (Å²) in [5.41, 5.74) is 6.60. The Balaban J connectivity index is 2.14. The fourth-order valence-corrected chi connectivity index (χ4v) is 2.17. The Morgan fingerprint density at radius 3 is 2.39 bits per heavy atom. The summed E-state index contributed by atoms with van der Waals surface area (Å²) in [7, 11) is 1.79. The van der Waals surface area contributed by atoms with Crippen LogP contribution in [0, 0.1) is 0 Å². The summed E-state index contributed by atoms with van der Waals surface area (Å²) in [5.74, 6) is 0.574. The molecule has 1 heterocycles. The molecule has 1 rings (SSSR count). The van der Waals surface area contributed by atoms with Crippen molar-refractivity contribution in [2.75, 3.05) is 5.73 Å². The van der Waals surface area contributed by atoms with Crippen LogP contribution in [0.4, 0.5) is 5.82 Å². The Morgan fingerprint density at radius 1 is 1.22 bits per heavy atom. The minimum absolute atomic E-state index is 0.464. The molecule has 0 radical (unpaired) electrons. The van der Waals surface area contributed by atoms with E-state index in [1.165, 1.54) is 38.5 Å². The van der Waals surface area contributed by atoms with Crippen LogP contribution < -0.4 is 5.73 Å². The van der Waals surface area contributed by atoms with E-state index in [-0.39, 0.29) is 0 Å². The van der Waals surface area contributed by atoms with Crippen LogP contribution in [0.5, 0.6) is 0 Å². The van der Waals surface area contributed by atoms with Gasteiger partial charge in [0.2, 0.25) is 0 Å². The molecule has 0 saturated carbocycles. The van der Waals surface area contributed by atoms with Crippen LogP contribution in [0.1, 0.15) is 70.0 Å². The summed E-state index contributed by atoms with van der Waals surface area (Å²) in [6.45, 7) is 2.23. The zero-order valence-corrected chi connectivity index (χ0v) is 11.7. The van der Waals surface area contributed by atoms with Crippen LogP contribution in [0.3, 0.4) is 0 Å². The third-order valence-corrected chi connectivity index (χ3v) is 3.45. The molecule has 0 bridgehead atoms. The Hall–Kier alpha value is -1.03. The highest BCUT2D eigenvalue weighted by Gasteiger charge is 2.13. The SMILES string of the molecule is CCCCCCCCCC(O)c1cnn(C)c1N. The predicted octanol–water partition coefficient (Wildman–Crippen LogP) is 3.18. The van der Waals surface area contributed by atoms with Gasteiger partial charge in [-0.3, -0.25) is 4.68 Å². The number of nitrogens with zero attached hydrogens (tertiary/aromatic N) is 2. The Labute approximate surface area is 110 Å². The van der Waals surface area contributed by atoms with Crippen molar-refractivity contribution in [2.45, 2.75) is 64.4 Å². The Kier molecular flexibility index (Phi) is 6.80. The molecular weight excluding hydrogens is 226 g/mol. The molecule has 0 aromatic carbocycles. The van der Waals surface area contributed by atoms with Gasteiger partial charge in [-0.15, -0.1) is 0 Å². The summed E-state index contributed by atoms with van der Waals surface area (Å²) >= 11 is 0. The van der Waals surface area contributed by atoms with Crippen LogP contribution in [-0.4, -0.2) is 14.9 Å². The second kappa shape index (κ2) is 8.14. The van der Waals surface area contributed by atoms with E-state index in [0.717, 1.165) is 18.4 Å². The maximum Gasteiger partial charge on any atom is 0.127 e. The first-order valence-corrected chi connectivity index (χ1v) is 7.12. The van der Waals surface area contributed by atoms with E-state index in [1.54, 1.807) is 17.9 Å². The van der Waals surface area contributed by atoms with Crippen molar-refractivity contribution < 1.29 is 5.11 Å². The van der Waals surface area contributed by atoms with E-state index in [9.17, 15) is 5.11 Å². The second-order valence-electron chi connectivity index (χ2n) is 5.03. The van der Waals surface area contributed by atoms with Crippen LogP contribution in [0.15, 0.2) is 6.20 Å². The van der Waals surface area contributed by atoms with Gasteiger partial charge in [0.1, 0.15) is 5.82 Å². The first-order chi connectivity index (χ1) is 8.66. The molecule has 3 N–H and O–H groups in total. The van der Waals surface area contributed by atoms with Gasteiger partial charge < -0.3 is 10.8 Å². The number of rotatable bonds is 9. The van der Waals surface area contributed by atoms with Crippen molar-refractivity contribution in [3.05, 3.63) is 11.8 Å². The van der Waals surface area contributed by atoms with Gasteiger partial charge in [0.05, 0.1) is 12.3 Å². The van der Waals surface area contributed by atoms with E-state index >= 15 is 0 Å². The number of aryl methyl sites for hydroxylation is 1. The number of hydrogen-bond acceptors (Lipinski definition) is 3. The molecule has 1 aromatic heterocycles. The van der Waals surface area contributed by atoms with Crippen molar-refractivity contribution in [1.82, 2.24) is 9.78 Å². The van der Waals surface area contributed by atoms with Gasteiger partial charge in [0.25, 0.3) is 0 Å². The lowest BCUT2D eigenvalue weighted by atomic mass is 10.0. The standard InChI is InChI=1S/C14H27N3O/c1-3-4-5-6-7-8-9-10-13(18)12-11-16-17(2)14(12)15/h11,13,18H,3-10,15H2,1-2H3. The number of unbranched alkanes of at least 4 members (excludes halogenated alkanes) is 6. The minimum atomic E-state index is -0.464. The average molecular weight is 253 g/mol. The van der Waals surface area contributed by atoms with Gasteiger partial charge in [0, 0.05) is 12.6 Å². The maximum atomic E-state index is 10.0. The molecule has 0 aliphatic carbocycles. The number of aromatic nitrogens is 2. The average Bonchev–Trinajstić information content (AvgIpc) is 2.69. The third kappa shape index (κ3) is 4.69. The van der Waals surface area contributed by atoms with Crippen molar-refractivity contribution in [3.63, 3.8) is 0 Å². The number of nitrogens with two attached hydrogens (primary N) is 1. The number of aliphatic hydroxyl groups is 1. The summed E-state index contributed by atoms with van der Waals surface area (Å²) < 4.78 is 1.60. The fraction of sp³-hybridized carbons (Fsp3) is 0.786. The molecule has 0 amide bonds. The van der Waals surface area contributed by atoms with Gasteiger partial charge in [-0.2, -0.15) is 5.10 Å². The molecule has 18 heavy (non-hydrogen) atoms. The molecular formula is C14H27N3O. The molecule has 1 aromatic rings. The normalized spacial score (nSPS) is 12.8. The lowest BCUT2D eigenvalue weighted by molar-refractivity contribution is 0.164. The molecule has 4 nitrogen and oxygen atoms in total. The van der Waals surface area contributed by atoms with Gasteiger partial charge >= 0.3 is 0 Å². The molecule has 104 valence electrons. The summed E-state index contributed by atoms with van der Waals surface area (Å²) in [6, 6.07) is 0. The first-order valence-electron chi connectivity index (χ1n) is 7.12. The van der Waals surface area contributed by atoms with E-state index in [4.69, 9.17) is 5.73 Å². The monoisotopic (exact) mass is 253 g/mol. The first kappa shape index (κ1) is 15.0. The van der Waals surface area contributed by atoms with Crippen molar-refractivity contribution in [1.29, 1.82) is 0 Å². The molecule has 0 aliphatic rings. The largest absolute Gasteiger partial charge is 0.388 e. The van der Waals surface area contributed by atoms with Crippen molar-refractivity contribution in [2.24, 2.45) is 7.05 Å².